The first-order valence-electron chi connectivity index (χ1n) is 5.53. The number of nitrogens with one attached hydrogen (secondary N) is 1. The summed E-state index contributed by atoms with van der Waals surface area (Å²) >= 11 is 0. The third-order valence-electron chi connectivity index (χ3n) is 2.78. The van der Waals surface area contributed by atoms with Crippen LogP contribution in [0.25, 0.3) is 0 Å². The zero-order valence-corrected chi connectivity index (χ0v) is 9.24. The lowest BCUT2D eigenvalue weighted by Crippen LogP contribution is -2.28. The molecule has 1 fully saturated rings. The number of aliphatic carboxylic acids is 1. The minimum atomic E-state index is -0.882. The van der Waals surface area contributed by atoms with Crippen LogP contribution in [-0.4, -0.2) is 38.5 Å². The van der Waals surface area contributed by atoms with E-state index < -0.39 is 11.9 Å². The van der Waals surface area contributed by atoms with Crippen molar-refractivity contribution < 1.29 is 14.7 Å². The van der Waals surface area contributed by atoms with E-state index in [1.807, 2.05) is 0 Å². The van der Waals surface area contributed by atoms with Gasteiger partial charge in [-0.3, -0.25) is 14.3 Å². The summed E-state index contributed by atoms with van der Waals surface area (Å²) in [5.74, 6) is -1.85. The number of carboxylic acids is 1. The lowest BCUT2D eigenvalue weighted by molar-refractivity contribution is -0.140. The summed E-state index contributed by atoms with van der Waals surface area (Å²) in [5, 5.41) is 18.9. The van der Waals surface area contributed by atoms with Gasteiger partial charge in [-0.05, 0) is 12.8 Å². The number of amides is 1. The fourth-order valence-electron chi connectivity index (χ4n) is 1.69. The zero-order chi connectivity index (χ0) is 12.3. The Labute approximate surface area is 97.8 Å². The Morgan fingerprint density at radius 3 is 2.88 bits per heavy atom. The summed E-state index contributed by atoms with van der Waals surface area (Å²) in [6, 6.07) is 0. The molecule has 0 saturated heterocycles. The first-order chi connectivity index (χ1) is 8.18. The van der Waals surface area contributed by atoms with Gasteiger partial charge in [-0.2, -0.15) is 0 Å². The van der Waals surface area contributed by atoms with Crippen molar-refractivity contribution in [3.63, 3.8) is 0 Å². The fourth-order valence-corrected chi connectivity index (χ4v) is 1.69. The maximum absolute atomic E-state index is 11.5. The maximum Gasteiger partial charge on any atom is 0.307 e. The standard InChI is InChI=1S/C10H14N4O3/c15-9(7-6-8(7)10(16)17)11-2-1-4-14-5-3-12-13-14/h3,5,7-8H,1-2,4,6H2,(H,11,15)(H,16,17). The monoisotopic (exact) mass is 238 g/mol. The first kappa shape index (κ1) is 11.6. The van der Waals surface area contributed by atoms with Crippen molar-refractivity contribution in [2.45, 2.75) is 19.4 Å². The number of hydrogen-bond donors (Lipinski definition) is 2. The van der Waals surface area contributed by atoms with Gasteiger partial charge in [0.05, 0.1) is 18.0 Å². The molecule has 1 amide bonds. The van der Waals surface area contributed by atoms with E-state index >= 15 is 0 Å². The van der Waals surface area contributed by atoms with E-state index in [-0.39, 0.29) is 11.8 Å². The van der Waals surface area contributed by atoms with Crippen LogP contribution in [0.15, 0.2) is 12.4 Å². The van der Waals surface area contributed by atoms with Gasteiger partial charge < -0.3 is 10.4 Å². The molecule has 0 aromatic carbocycles. The third kappa shape index (κ3) is 3.02. The van der Waals surface area contributed by atoms with Crippen molar-refractivity contribution in [1.82, 2.24) is 20.3 Å². The zero-order valence-electron chi connectivity index (χ0n) is 9.24. The largest absolute Gasteiger partial charge is 0.481 e. The molecule has 2 rings (SSSR count). The summed E-state index contributed by atoms with van der Waals surface area (Å²) in [5.41, 5.74) is 0. The minimum absolute atomic E-state index is 0.156. The Morgan fingerprint density at radius 2 is 2.29 bits per heavy atom. The molecule has 7 nitrogen and oxygen atoms in total. The van der Waals surface area contributed by atoms with Gasteiger partial charge in [0.15, 0.2) is 0 Å². The van der Waals surface area contributed by atoms with Crippen LogP contribution < -0.4 is 5.32 Å². The van der Waals surface area contributed by atoms with Crippen LogP contribution >= 0.6 is 0 Å². The predicted molar refractivity (Wildman–Crippen MR) is 56.9 cm³/mol. The van der Waals surface area contributed by atoms with Gasteiger partial charge in [-0.25, -0.2) is 0 Å². The molecule has 2 N–H and O–H groups in total. The smallest absolute Gasteiger partial charge is 0.307 e. The number of carbonyl (C=O) groups excluding carboxylic acids is 1. The summed E-state index contributed by atoms with van der Waals surface area (Å²) in [7, 11) is 0. The van der Waals surface area contributed by atoms with E-state index in [2.05, 4.69) is 15.6 Å². The number of aromatic nitrogens is 3. The molecule has 0 spiro atoms. The molecule has 1 aliphatic carbocycles. The molecular formula is C10H14N4O3. The number of carbonyl (C=O) groups is 2. The molecule has 0 aliphatic heterocycles. The van der Waals surface area contributed by atoms with Crippen molar-refractivity contribution in [2.75, 3.05) is 6.54 Å². The number of nitrogens with zero attached hydrogens (tertiary/aromatic N) is 3. The average molecular weight is 238 g/mol. The Kier molecular flexibility index (Phi) is 3.36. The van der Waals surface area contributed by atoms with E-state index in [1.165, 1.54) is 0 Å². The molecule has 1 aromatic rings. The molecule has 0 bridgehead atoms. The quantitative estimate of drug-likeness (QED) is 0.651. The summed E-state index contributed by atoms with van der Waals surface area (Å²) in [4.78, 5) is 22.0. The number of aryl methyl sites for hydroxylation is 1. The second kappa shape index (κ2) is 4.94. The summed E-state index contributed by atoms with van der Waals surface area (Å²) < 4.78 is 1.68. The minimum Gasteiger partial charge on any atom is -0.481 e. The molecule has 1 aliphatic rings. The SMILES string of the molecule is O=C(O)C1CC1C(=O)NCCCn1ccnn1. The Bertz CT molecular complexity index is 404. The molecule has 0 radical (unpaired) electrons. The molecular weight excluding hydrogens is 224 g/mol. The van der Waals surface area contributed by atoms with Crippen LogP contribution in [-0.2, 0) is 16.1 Å². The second-order valence-electron chi connectivity index (χ2n) is 4.10. The van der Waals surface area contributed by atoms with E-state index in [0.717, 1.165) is 6.42 Å². The van der Waals surface area contributed by atoms with Gasteiger partial charge in [0, 0.05) is 19.3 Å². The third-order valence-corrected chi connectivity index (χ3v) is 2.78. The number of rotatable bonds is 6. The average Bonchev–Trinajstić information content (AvgIpc) is 2.95. The van der Waals surface area contributed by atoms with Crippen molar-refractivity contribution in [3.05, 3.63) is 12.4 Å². The molecule has 2 atom stereocenters. The lowest BCUT2D eigenvalue weighted by Gasteiger charge is -2.04. The highest BCUT2D eigenvalue weighted by atomic mass is 16.4. The van der Waals surface area contributed by atoms with Crippen LogP contribution in [0.5, 0.6) is 0 Å². The highest BCUT2D eigenvalue weighted by Gasteiger charge is 2.48. The van der Waals surface area contributed by atoms with Crippen molar-refractivity contribution in [3.8, 4) is 0 Å². The Morgan fingerprint density at radius 1 is 1.47 bits per heavy atom. The van der Waals surface area contributed by atoms with Gasteiger partial charge in [0.25, 0.3) is 0 Å². The molecule has 2 unspecified atom stereocenters. The highest BCUT2D eigenvalue weighted by Crippen LogP contribution is 2.38. The number of carboxylic acid groups (broad SMARTS) is 1. The van der Waals surface area contributed by atoms with Crippen LogP contribution in [0.3, 0.4) is 0 Å². The molecule has 1 aromatic heterocycles. The second-order valence-corrected chi connectivity index (χ2v) is 4.10. The maximum atomic E-state index is 11.5. The van der Waals surface area contributed by atoms with E-state index in [9.17, 15) is 9.59 Å². The van der Waals surface area contributed by atoms with E-state index in [1.54, 1.807) is 17.1 Å². The normalized spacial score (nSPS) is 22.1. The van der Waals surface area contributed by atoms with Crippen LogP contribution in [0.1, 0.15) is 12.8 Å². The van der Waals surface area contributed by atoms with Crippen molar-refractivity contribution in [1.29, 1.82) is 0 Å². The summed E-state index contributed by atoms with van der Waals surface area (Å²) in [6.07, 6.45) is 4.56. The fraction of sp³-hybridized carbons (Fsp3) is 0.600. The summed E-state index contributed by atoms with van der Waals surface area (Å²) in [6.45, 7) is 1.22. The highest BCUT2D eigenvalue weighted by molar-refractivity contribution is 5.89. The van der Waals surface area contributed by atoms with Gasteiger partial charge >= 0.3 is 5.97 Å². The topological polar surface area (TPSA) is 97.1 Å². The van der Waals surface area contributed by atoms with Gasteiger partial charge in [-0.15, -0.1) is 5.10 Å². The van der Waals surface area contributed by atoms with E-state index in [0.29, 0.717) is 19.5 Å². The molecule has 17 heavy (non-hydrogen) atoms. The first-order valence-corrected chi connectivity index (χ1v) is 5.53. The molecule has 7 heteroatoms. The van der Waals surface area contributed by atoms with Crippen LogP contribution in [0.4, 0.5) is 0 Å². The predicted octanol–water partition coefficient (Wildman–Crippen LogP) is -0.495. The molecule has 1 heterocycles. The molecule has 1 saturated carbocycles. The van der Waals surface area contributed by atoms with Gasteiger partial charge in [0.2, 0.25) is 5.91 Å². The van der Waals surface area contributed by atoms with Crippen molar-refractivity contribution >= 4 is 11.9 Å². The lowest BCUT2D eigenvalue weighted by atomic mass is 10.3. The Hall–Kier alpha value is -1.92. The van der Waals surface area contributed by atoms with Crippen LogP contribution in [0.2, 0.25) is 0 Å². The number of hydrogen-bond acceptors (Lipinski definition) is 4. The Balaban J connectivity index is 1.60. The van der Waals surface area contributed by atoms with Crippen LogP contribution in [0, 0.1) is 11.8 Å². The van der Waals surface area contributed by atoms with E-state index in [4.69, 9.17) is 5.11 Å². The van der Waals surface area contributed by atoms with Gasteiger partial charge in [0.1, 0.15) is 0 Å². The van der Waals surface area contributed by atoms with Gasteiger partial charge in [-0.1, -0.05) is 5.21 Å². The molecule has 92 valence electrons. The van der Waals surface area contributed by atoms with Crippen molar-refractivity contribution in [2.24, 2.45) is 11.8 Å².